The predicted octanol–water partition coefficient (Wildman–Crippen LogP) is 2.16. The number of aryl methyl sites for hydroxylation is 1. The van der Waals surface area contributed by atoms with Crippen molar-refractivity contribution in [2.75, 3.05) is 0 Å². The molecule has 0 saturated heterocycles. The molecule has 0 amide bonds. The van der Waals surface area contributed by atoms with Crippen LogP contribution >= 0.6 is 0 Å². The highest BCUT2D eigenvalue weighted by Crippen LogP contribution is 2.32. The lowest BCUT2D eigenvalue weighted by Crippen LogP contribution is -2.14. The molecule has 1 saturated carbocycles. The number of alkyl halides is 3. The fourth-order valence-electron chi connectivity index (χ4n) is 2.03. The third-order valence-corrected chi connectivity index (χ3v) is 2.94. The lowest BCUT2D eigenvalue weighted by atomic mass is 10.1. The van der Waals surface area contributed by atoms with E-state index < -0.39 is 12.6 Å². The van der Waals surface area contributed by atoms with Crippen LogP contribution in [0.4, 0.5) is 13.2 Å². The van der Waals surface area contributed by atoms with E-state index in [9.17, 15) is 13.2 Å². The largest absolute Gasteiger partial charge is 0.389 e. The van der Waals surface area contributed by atoms with E-state index in [1.165, 1.54) is 0 Å². The second kappa shape index (κ2) is 4.64. The Morgan fingerprint density at radius 1 is 1.35 bits per heavy atom. The molecule has 0 spiro atoms. The average molecular weight is 249 g/mol. The summed E-state index contributed by atoms with van der Waals surface area (Å²) in [7, 11) is 0. The summed E-state index contributed by atoms with van der Waals surface area (Å²) in [5.41, 5.74) is 5.75. The van der Waals surface area contributed by atoms with Crippen LogP contribution in [0.2, 0.25) is 0 Å². The summed E-state index contributed by atoms with van der Waals surface area (Å²) in [5.74, 6) is 0.657. The van der Waals surface area contributed by atoms with Gasteiger partial charge < -0.3 is 10.3 Å². The minimum atomic E-state index is -4.18. The number of rotatable bonds is 3. The zero-order valence-corrected chi connectivity index (χ0v) is 9.20. The summed E-state index contributed by atoms with van der Waals surface area (Å²) in [6.07, 6.45) is -2.81. The van der Waals surface area contributed by atoms with Crippen LogP contribution in [0, 0.1) is 0 Å². The van der Waals surface area contributed by atoms with Gasteiger partial charge in [-0.3, -0.25) is 0 Å². The van der Waals surface area contributed by atoms with Crippen LogP contribution in [0.25, 0.3) is 0 Å². The Labute approximate surface area is 96.4 Å². The lowest BCUT2D eigenvalue weighted by molar-refractivity contribution is -0.134. The molecule has 1 heterocycles. The third kappa shape index (κ3) is 3.42. The molecular weight excluding hydrogens is 235 g/mol. The number of nitrogens with zero attached hydrogens (tertiary/aromatic N) is 2. The molecule has 4 nitrogen and oxygen atoms in total. The predicted molar refractivity (Wildman–Crippen MR) is 53.2 cm³/mol. The van der Waals surface area contributed by atoms with Gasteiger partial charge in [-0.1, -0.05) is 5.16 Å². The number of hydrogen-bond acceptors (Lipinski definition) is 4. The van der Waals surface area contributed by atoms with Gasteiger partial charge >= 0.3 is 6.18 Å². The van der Waals surface area contributed by atoms with Crippen molar-refractivity contribution in [2.45, 2.75) is 50.2 Å². The summed E-state index contributed by atoms with van der Waals surface area (Å²) in [5, 5.41) is 3.56. The second-order valence-corrected chi connectivity index (χ2v) is 4.43. The lowest BCUT2D eigenvalue weighted by Gasteiger charge is -2.02. The molecule has 2 rings (SSSR count). The van der Waals surface area contributed by atoms with Crippen molar-refractivity contribution in [2.24, 2.45) is 5.73 Å². The number of aromatic nitrogens is 2. The molecule has 96 valence electrons. The zero-order chi connectivity index (χ0) is 12.5. The van der Waals surface area contributed by atoms with Crippen LogP contribution in [0.5, 0.6) is 0 Å². The molecule has 1 aromatic rings. The maximum atomic E-state index is 12.0. The molecule has 2 unspecified atom stereocenters. The van der Waals surface area contributed by atoms with Gasteiger partial charge in [-0.05, 0) is 19.3 Å². The van der Waals surface area contributed by atoms with E-state index in [4.69, 9.17) is 10.3 Å². The average Bonchev–Trinajstić information content (AvgIpc) is 2.81. The van der Waals surface area contributed by atoms with Crippen LogP contribution in [-0.2, 0) is 6.42 Å². The van der Waals surface area contributed by atoms with Gasteiger partial charge in [0.2, 0.25) is 5.89 Å². The number of halogens is 3. The molecule has 0 bridgehead atoms. The van der Waals surface area contributed by atoms with E-state index >= 15 is 0 Å². The van der Waals surface area contributed by atoms with Crippen molar-refractivity contribution in [3.05, 3.63) is 11.7 Å². The van der Waals surface area contributed by atoms with E-state index in [2.05, 4.69) is 10.1 Å². The summed E-state index contributed by atoms with van der Waals surface area (Å²) >= 11 is 0. The standard InChI is InChI=1S/C10H14F3N3O/c11-10(12,13)4-3-8-15-9(17-16-8)6-1-2-7(14)5-6/h6-7H,1-5,14H2. The fraction of sp³-hybridized carbons (Fsp3) is 0.800. The molecule has 1 fully saturated rings. The smallest absolute Gasteiger partial charge is 0.339 e. The van der Waals surface area contributed by atoms with Crippen molar-refractivity contribution in [3.63, 3.8) is 0 Å². The first-order valence-electron chi connectivity index (χ1n) is 5.59. The highest BCUT2D eigenvalue weighted by molar-refractivity contribution is 4.99. The Hall–Kier alpha value is -1.11. The number of nitrogens with two attached hydrogens (primary N) is 1. The molecule has 17 heavy (non-hydrogen) atoms. The summed E-state index contributed by atoms with van der Waals surface area (Å²) < 4.78 is 41.0. The summed E-state index contributed by atoms with van der Waals surface area (Å²) in [4.78, 5) is 4.00. The van der Waals surface area contributed by atoms with Crippen molar-refractivity contribution >= 4 is 0 Å². The number of hydrogen-bond donors (Lipinski definition) is 1. The first-order valence-corrected chi connectivity index (χ1v) is 5.59. The molecule has 0 radical (unpaired) electrons. The molecule has 1 aromatic heterocycles. The molecule has 0 aromatic carbocycles. The van der Waals surface area contributed by atoms with Gasteiger partial charge in [0.15, 0.2) is 5.82 Å². The highest BCUT2D eigenvalue weighted by atomic mass is 19.4. The van der Waals surface area contributed by atoms with Crippen molar-refractivity contribution in [1.29, 1.82) is 0 Å². The Morgan fingerprint density at radius 2 is 2.12 bits per heavy atom. The van der Waals surface area contributed by atoms with Gasteiger partial charge in [0, 0.05) is 18.4 Å². The third-order valence-electron chi connectivity index (χ3n) is 2.94. The molecular formula is C10H14F3N3O. The summed E-state index contributed by atoms with van der Waals surface area (Å²) in [6.45, 7) is 0. The molecule has 2 N–H and O–H groups in total. The van der Waals surface area contributed by atoms with Gasteiger partial charge in [-0.2, -0.15) is 18.2 Å². The van der Waals surface area contributed by atoms with Crippen molar-refractivity contribution < 1.29 is 17.7 Å². The molecule has 1 aliphatic carbocycles. The minimum Gasteiger partial charge on any atom is -0.339 e. The van der Waals surface area contributed by atoms with Crippen molar-refractivity contribution in [3.8, 4) is 0 Å². The van der Waals surface area contributed by atoms with Gasteiger partial charge in [0.1, 0.15) is 0 Å². The Kier molecular flexibility index (Phi) is 3.37. The van der Waals surface area contributed by atoms with Crippen molar-refractivity contribution in [1.82, 2.24) is 10.1 Å². The van der Waals surface area contributed by atoms with Gasteiger partial charge in [-0.25, -0.2) is 0 Å². The zero-order valence-electron chi connectivity index (χ0n) is 9.20. The minimum absolute atomic E-state index is 0.108. The maximum absolute atomic E-state index is 12.0. The molecule has 1 aliphatic rings. The van der Waals surface area contributed by atoms with E-state index in [-0.39, 0.29) is 24.2 Å². The Bertz CT molecular complexity index is 377. The Balaban J connectivity index is 1.92. The monoisotopic (exact) mass is 249 g/mol. The molecule has 7 heteroatoms. The van der Waals surface area contributed by atoms with Crippen LogP contribution in [0.3, 0.4) is 0 Å². The van der Waals surface area contributed by atoms with E-state index in [0.29, 0.717) is 5.89 Å². The molecule has 0 aliphatic heterocycles. The highest BCUT2D eigenvalue weighted by Gasteiger charge is 2.30. The molecule has 2 atom stereocenters. The summed E-state index contributed by atoms with van der Waals surface area (Å²) in [6, 6.07) is 0.130. The SMILES string of the molecule is NC1CCC(c2nc(CCC(F)(F)F)no2)C1. The first kappa shape index (κ1) is 12.3. The second-order valence-electron chi connectivity index (χ2n) is 4.43. The van der Waals surface area contributed by atoms with Gasteiger partial charge in [0.05, 0.1) is 6.42 Å². The fourth-order valence-corrected chi connectivity index (χ4v) is 2.03. The van der Waals surface area contributed by atoms with Crippen LogP contribution < -0.4 is 5.73 Å². The van der Waals surface area contributed by atoms with Gasteiger partial charge in [-0.15, -0.1) is 0 Å². The Morgan fingerprint density at radius 3 is 2.71 bits per heavy atom. The first-order chi connectivity index (χ1) is 7.94. The van der Waals surface area contributed by atoms with E-state index in [1.54, 1.807) is 0 Å². The normalized spacial score (nSPS) is 25.4. The van der Waals surface area contributed by atoms with Crippen LogP contribution in [-0.4, -0.2) is 22.4 Å². The van der Waals surface area contributed by atoms with Crippen LogP contribution in [0.1, 0.15) is 43.3 Å². The topological polar surface area (TPSA) is 64.9 Å². The van der Waals surface area contributed by atoms with Crippen LogP contribution in [0.15, 0.2) is 4.52 Å². The quantitative estimate of drug-likeness (QED) is 0.891. The van der Waals surface area contributed by atoms with E-state index in [1.807, 2.05) is 0 Å². The van der Waals surface area contributed by atoms with Gasteiger partial charge in [0.25, 0.3) is 0 Å². The maximum Gasteiger partial charge on any atom is 0.389 e. The van der Waals surface area contributed by atoms with E-state index in [0.717, 1.165) is 19.3 Å².